The van der Waals surface area contributed by atoms with Crippen molar-refractivity contribution in [3.05, 3.63) is 52.0 Å². The van der Waals surface area contributed by atoms with E-state index >= 15 is 0 Å². The molecule has 0 bridgehead atoms. The van der Waals surface area contributed by atoms with Crippen molar-refractivity contribution in [2.75, 3.05) is 19.0 Å². The molecule has 0 radical (unpaired) electrons. The monoisotopic (exact) mass is 325 g/mol. The van der Waals surface area contributed by atoms with Crippen LogP contribution in [0.2, 0.25) is 10.0 Å². The Kier molecular flexibility index (Phi) is 5.59. The molecule has 0 heterocycles. The number of methoxy groups -OCH3 is 1. The normalized spacial score (nSPS) is 10.3. The third-order valence-electron chi connectivity index (χ3n) is 2.89. The molecule has 1 N–H and O–H groups in total. The summed E-state index contributed by atoms with van der Waals surface area (Å²) in [4.78, 5) is 0. The van der Waals surface area contributed by atoms with Crippen LogP contribution in [-0.2, 0) is 6.54 Å². The number of halogens is 2. The number of hydrogen-bond donors (Lipinski definition) is 1. The van der Waals surface area contributed by atoms with Crippen LogP contribution in [0.15, 0.2) is 36.4 Å². The molecule has 2 aromatic carbocycles. The molecule has 112 valence electrons. The molecule has 0 aliphatic heterocycles. The lowest BCUT2D eigenvalue weighted by atomic mass is 10.2. The molecule has 2 rings (SSSR count). The fourth-order valence-corrected chi connectivity index (χ4v) is 2.49. The molecular weight excluding hydrogens is 309 g/mol. The first kappa shape index (κ1) is 15.8. The number of hydrogen-bond acceptors (Lipinski definition) is 3. The Morgan fingerprint density at radius 1 is 1.14 bits per heavy atom. The number of rotatable bonds is 6. The van der Waals surface area contributed by atoms with Gasteiger partial charge in [-0.25, -0.2) is 0 Å². The SMILES string of the molecule is CCOc1cc(CNc2cccc(Cl)c2)cc(Cl)c1OC. The topological polar surface area (TPSA) is 30.5 Å². The number of ether oxygens (including phenoxy) is 2. The second kappa shape index (κ2) is 7.43. The molecule has 2 aromatic rings. The Morgan fingerprint density at radius 2 is 1.95 bits per heavy atom. The second-order valence-electron chi connectivity index (χ2n) is 4.41. The van der Waals surface area contributed by atoms with Gasteiger partial charge >= 0.3 is 0 Å². The smallest absolute Gasteiger partial charge is 0.179 e. The van der Waals surface area contributed by atoms with Crippen molar-refractivity contribution in [2.24, 2.45) is 0 Å². The standard InChI is InChI=1S/C16H17Cl2NO2/c1-3-21-15-8-11(7-14(18)16(15)20-2)10-19-13-6-4-5-12(17)9-13/h4-9,19H,3,10H2,1-2H3. The number of anilines is 1. The summed E-state index contributed by atoms with van der Waals surface area (Å²) < 4.78 is 10.8. The van der Waals surface area contributed by atoms with Crippen LogP contribution in [0, 0.1) is 0 Å². The van der Waals surface area contributed by atoms with Crippen molar-refractivity contribution in [3.63, 3.8) is 0 Å². The van der Waals surface area contributed by atoms with E-state index in [0.29, 0.717) is 34.7 Å². The quantitative estimate of drug-likeness (QED) is 0.809. The molecule has 0 saturated heterocycles. The highest BCUT2D eigenvalue weighted by atomic mass is 35.5. The van der Waals surface area contributed by atoms with Gasteiger partial charge in [0, 0.05) is 17.3 Å². The average Bonchev–Trinajstić information content (AvgIpc) is 2.45. The molecule has 0 amide bonds. The van der Waals surface area contributed by atoms with Gasteiger partial charge < -0.3 is 14.8 Å². The van der Waals surface area contributed by atoms with Crippen LogP contribution in [0.3, 0.4) is 0 Å². The van der Waals surface area contributed by atoms with Gasteiger partial charge in [0.15, 0.2) is 11.5 Å². The summed E-state index contributed by atoms with van der Waals surface area (Å²) in [6.45, 7) is 3.09. The highest BCUT2D eigenvalue weighted by molar-refractivity contribution is 6.32. The Balaban J connectivity index is 2.16. The zero-order valence-electron chi connectivity index (χ0n) is 12.0. The minimum atomic E-state index is 0.534. The van der Waals surface area contributed by atoms with E-state index in [2.05, 4.69) is 5.32 Å². The van der Waals surface area contributed by atoms with E-state index in [9.17, 15) is 0 Å². The minimum absolute atomic E-state index is 0.534. The Bertz CT molecular complexity index is 617. The fraction of sp³-hybridized carbons (Fsp3) is 0.250. The van der Waals surface area contributed by atoms with Gasteiger partial charge in [-0.05, 0) is 42.8 Å². The van der Waals surface area contributed by atoms with Gasteiger partial charge in [0.25, 0.3) is 0 Å². The van der Waals surface area contributed by atoms with Gasteiger partial charge in [-0.1, -0.05) is 29.3 Å². The average molecular weight is 326 g/mol. The predicted octanol–water partition coefficient (Wildman–Crippen LogP) is 5.01. The van der Waals surface area contributed by atoms with Gasteiger partial charge in [0.05, 0.1) is 18.7 Å². The minimum Gasteiger partial charge on any atom is -0.491 e. The van der Waals surface area contributed by atoms with E-state index in [1.165, 1.54) is 0 Å². The number of nitrogens with one attached hydrogen (secondary N) is 1. The van der Waals surface area contributed by atoms with E-state index in [1.54, 1.807) is 7.11 Å². The maximum Gasteiger partial charge on any atom is 0.179 e. The molecule has 0 spiro atoms. The molecule has 0 unspecified atom stereocenters. The molecule has 5 heteroatoms. The van der Waals surface area contributed by atoms with Crippen molar-refractivity contribution < 1.29 is 9.47 Å². The molecule has 0 atom stereocenters. The summed E-state index contributed by atoms with van der Waals surface area (Å²) in [6.07, 6.45) is 0. The highest BCUT2D eigenvalue weighted by Crippen LogP contribution is 2.36. The van der Waals surface area contributed by atoms with E-state index in [-0.39, 0.29) is 0 Å². The molecule has 3 nitrogen and oxygen atoms in total. The largest absolute Gasteiger partial charge is 0.491 e. The van der Waals surface area contributed by atoms with E-state index in [4.69, 9.17) is 32.7 Å². The first-order valence-electron chi connectivity index (χ1n) is 6.62. The Morgan fingerprint density at radius 3 is 2.62 bits per heavy atom. The van der Waals surface area contributed by atoms with E-state index in [1.807, 2.05) is 43.3 Å². The summed E-state index contributed by atoms with van der Waals surface area (Å²) in [7, 11) is 1.58. The van der Waals surface area contributed by atoms with Crippen molar-refractivity contribution in [3.8, 4) is 11.5 Å². The summed E-state index contributed by atoms with van der Waals surface area (Å²) in [5, 5.41) is 4.53. The number of benzene rings is 2. The summed E-state index contributed by atoms with van der Waals surface area (Å²) >= 11 is 12.2. The molecule has 0 aliphatic carbocycles. The van der Waals surface area contributed by atoms with Crippen LogP contribution in [0.25, 0.3) is 0 Å². The lowest BCUT2D eigenvalue weighted by Gasteiger charge is -2.14. The van der Waals surface area contributed by atoms with Crippen LogP contribution >= 0.6 is 23.2 Å². The van der Waals surface area contributed by atoms with E-state index < -0.39 is 0 Å². The van der Waals surface area contributed by atoms with Gasteiger partial charge in [0.2, 0.25) is 0 Å². The Labute approximate surface area is 134 Å². The first-order valence-corrected chi connectivity index (χ1v) is 7.38. The first-order chi connectivity index (χ1) is 10.1. The van der Waals surface area contributed by atoms with Crippen molar-refractivity contribution in [1.29, 1.82) is 0 Å². The zero-order valence-corrected chi connectivity index (χ0v) is 13.5. The third-order valence-corrected chi connectivity index (χ3v) is 3.41. The van der Waals surface area contributed by atoms with Crippen LogP contribution < -0.4 is 14.8 Å². The predicted molar refractivity (Wildman–Crippen MR) is 88.0 cm³/mol. The van der Waals surface area contributed by atoms with E-state index in [0.717, 1.165) is 11.3 Å². The fourth-order valence-electron chi connectivity index (χ4n) is 1.99. The molecular formula is C16H17Cl2NO2. The lowest BCUT2D eigenvalue weighted by Crippen LogP contribution is -2.02. The van der Waals surface area contributed by atoms with Crippen LogP contribution in [0.1, 0.15) is 12.5 Å². The third kappa shape index (κ3) is 4.19. The molecule has 0 saturated carbocycles. The van der Waals surface area contributed by atoms with Gasteiger partial charge in [0.1, 0.15) is 0 Å². The van der Waals surface area contributed by atoms with Gasteiger partial charge in [-0.2, -0.15) is 0 Å². The lowest BCUT2D eigenvalue weighted by molar-refractivity contribution is 0.310. The molecule has 0 fully saturated rings. The molecule has 0 aliphatic rings. The maximum atomic E-state index is 6.22. The van der Waals surface area contributed by atoms with Crippen molar-refractivity contribution in [2.45, 2.75) is 13.5 Å². The van der Waals surface area contributed by atoms with Crippen LogP contribution in [-0.4, -0.2) is 13.7 Å². The summed E-state index contributed by atoms with van der Waals surface area (Å²) in [5.41, 5.74) is 1.96. The van der Waals surface area contributed by atoms with Crippen molar-refractivity contribution in [1.82, 2.24) is 0 Å². The molecule has 0 aromatic heterocycles. The van der Waals surface area contributed by atoms with Crippen LogP contribution in [0.5, 0.6) is 11.5 Å². The van der Waals surface area contributed by atoms with Crippen molar-refractivity contribution >= 4 is 28.9 Å². The summed E-state index contributed by atoms with van der Waals surface area (Å²) in [5.74, 6) is 1.21. The maximum absolute atomic E-state index is 6.22. The Hall–Kier alpha value is -1.58. The second-order valence-corrected chi connectivity index (χ2v) is 5.25. The van der Waals surface area contributed by atoms with Gasteiger partial charge in [-0.15, -0.1) is 0 Å². The zero-order chi connectivity index (χ0) is 15.2. The van der Waals surface area contributed by atoms with Gasteiger partial charge in [-0.3, -0.25) is 0 Å². The summed E-state index contributed by atoms with van der Waals surface area (Å²) in [6, 6.07) is 11.4. The molecule has 21 heavy (non-hydrogen) atoms. The highest BCUT2D eigenvalue weighted by Gasteiger charge is 2.11. The van der Waals surface area contributed by atoms with Crippen LogP contribution in [0.4, 0.5) is 5.69 Å².